The number of carbonyl (C=O) groups is 2. The molecule has 77 heavy (non-hydrogen) atoms. The van der Waals surface area contributed by atoms with E-state index < -0.39 is 20.0 Å². The molecule has 3 atom stereocenters. The van der Waals surface area contributed by atoms with E-state index in [1.165, 1.54) is 135 Å². The van der Waals surface area contributed by atoms with Crippen molar-refractivity contribution in [3.05, 3.63) is 85.1 Å². The third kappa shape index (κ3) is 57.7. The number of ether oxygens (including phenoxy) is 1. The summed E-state index contributed by atoms with van der Waals surface area (Å²) in [5.74, 6) is -0.512. The van der Waals surface area contributed by atoms with Gasteiger partial charge in [-0.15, -0.1) is 0 Å². The Hall–Kier alpha value is -2.81. The molecule has 10 heteroatoms. The summed E-state index contributed by atoms with van der Waals surface area (Å²) in [4.78, 5) is 37.7. The van der Waals surface area contributed by atoms with Gasteiger partial charge in [-0.25, -0.2) is 4.57 Å². The lowest BCUT2D eigenvalue weighted by atomic mass is 10.0. The minimum Gasteiger partial charge on any atom is -0.456 e. The molecule has 0 rings (SSSR count). The molecule has 0 aromatic heterocycles. The molecule has 0 spiro atoms. The topological polar surface area (TPSA) is 111 Å². The summed E-state index contributed by atoms with van der Waals surface area (Å²) in [6.07, 6.45) is 74.4. The molecule has 2 N–H and O–H groups in total. The van der Waals surface area contributed by atoms with Crippen molar-refractivity contribution < 1.29 is 37.3 Å². The molecule has 0 fully saturated rings. The molecular formula is C67H122N2O7P+. The number of esters is 1. The fourth-order valence-corrected chi connectivity index (χ4v) is 9.68. The molecule has 9 nitrogen and oxygen atoms in total. The van der Waals surface area contributed by atoms with E-state index in [1.54, 1.807) is 0 Å². The zero-order chi connectivity index (χ0) is 56.4. The van der Waals surface area contributed by atoms with Crippen molar-refractivity contribution >= 4 is 19.7 Å². The van der Waals surface area contributed by atoms with E-state index in [4.69, 9.17) is 13.8 Å². The lowest BCUT2D eigenvalue weighted by Crippen LogP contribution is -2.47. The van der Waals surface area contributed by atoms with Gasteiger partial charge >= 0.3 is 13.8 Å². The van der Waals surface area contributed by atoms with Crippen molar-refractivity contribution in [2.45, 2.75) is 290 Å². The average Bonchev–Trinajstić information content (AvgIpc) is 3.39. The maximum absolute atomic E-state index is 13.5. The number of phosphoric acid groups is 1. The molecule has 1 amide bonds. The summed E-state index contributed by atoms with van der Waals surface area (Å²) in [5.41, 5.74) is 0. The summed E-state index contributed by atoms with van der Waals surface area (Å²) in [5, 5.41) is 3.05. The summed E-state index contributed by atoms with van der Waals surface area (Å²) >= 11 is 0. The quantitative estimate of drug-likeness (QED) is 0.0205. The van der Waals surface area contributed by atoms with Crippen molar-refractivity contribution in [2.24, 2.45) is 0 Å². The highest BCUT2D eigenvalue weighted by Crippen LogP contribution is 2.43. The lowest BCUT2D eigenvalue weighted by Gasteiger charge is -2.27. The number of phosphoric ester groups is 1. The second kappa shape index (κ2) is 56.5. The molecule has 0 aromatic rings. The van der Waals surface area contributed by atoms with Crippen LogP contribution in [0, 0.1) is 0 Å². The van der Waals surface area contributed by atoms with Gasteiger partial charge in [-0.2, -0.15) is 0 Å². The van der Waals surface area contributed by atoms with E-state index in [9.17, 15) is 19.0 Å². The summed E-state index contributed by atoms with van der Waals surface area (Å²) < 4.78 is 30.7. The van der Waals surface area contributed by atoms with Crippen molar-refractivity contribution in [1.29, 1.82) is 0 Å². The molecule has 0 radical (unpaired) electrons. The van der Waals surface area contributed by atoms with Crippen LogP contribution in [0.15, 0.2) is 85.1 Å². The number of carbonyl (C=O) groups excluding carboxylic acids is 2. The van der Waals surface area contributed by atoms with Crippen LogP contribution in [-0.4, -0.2) is 74.3 Å². The molecule has 0 saturated carbocycles. The summed E-state index contributed by atoms with van der Waals surface area (Å²) in [6, 6.07) is -0.854. The van der Waals surface area contributed by atoms with Crippen LogP contribution in [0.5, 0.6) is 0 Å². The number of hydrogen-bond donors (Lipinski definition) is 2. The number of unbranched alkanes of at least 4 members (excludes halogenated alkanes) is 29. The third-order valence-corrected chi connectivity index (χ3v) is 14.8. The normalized spacial score (nSPS) is 14.2. The van der Waals surface area contributed by atoms with Gasteiger partial charge in [0.15, 0.2) is 0 Å². The first-order valence-electron chi connectivity index (χ1n) is 31.9. The molecule has 0 aliphatic heterocycles. The van der Waals surface area contributed by atoms with E-state index in [1.807, 2.05) is 33.3 Å². The highest BCUT2D eigenvalue weighted by atomic mass is 31.2. The number of allylic oxidation sites excluding steroid dienone is 13. The number of likely N-dealkylation sites (N-methyl/N-ethyl adjacent to an activating group) is 1. The predicted octanol–water partition coefficient (Wildman–Crippen LogP) is 19.8. The van der Waals surface area contributed by atoms with E-state index in [0.717, 1.165) is 109 Å². The Balaban J connectivity index is 5.08. The number of nitrogens with zero attached hydrogens (tertiary/aromatic N) is 1. The molecule has 0 heterocycles. The lowest BCUT2D eigenvalue weighted by molar-refractivity contribution is -0.870. The Morgan fingerprint density at radius 1 is 0.468 bits per heavy atom. The SMILES string of the molecule is CC/C=C\C/C=C\C/C=C\C/C=C\C/C=C\C/C=C\CCCCCCCCCCC(=O)NC(COP(=O)(O)OCC[N+](C)(C)C)C(/C=C\CCCCCCCCCCC)OC(=O)CCCCCCCCCCCCCCC. The van der Waals surface area contributed by atoms with Gasteiger partial charge in [0.05, 0.1) is 33.8 Å². The van der Waals surface area contributed by atoms with E-state index >= 15 is 0 Å². The smallest absolute Gasteiger partial charge is 0.456 e. The fourth-order valence-electron chi connectivity index (χ4n) is 8.94. The van der Waals surface area contributed by atoms with Crippen LogP contribution in [0.2, 0.25) is 0 Å². The van der Waals surface area contributed by atoms with Crippen molar-refractivity contribution in [3.63, 3.8) is 0 Å². The Morgan fingerprint density at radius 3 is 1.25 bits per heavy atom. The van der Waals surface area contributed by atoms with E-state index in [2.05, 4.69) is 99.0 Å². The van der Waals surface area contributed by atoms with Crippen LogP contribution in [0.4, 0.5) is 0 Å². The highest BCUT2D eigenvalue weighted by Gasteiger charge is 2.30. The first kappa shape index (κ1) is 74.2. The Bertz CT molecular complexity index is 1590. The van der Waals surface area contributed by atoms with Crippen molar-refractivity contribution in [3.8, 4) is 0 Å². The van der Waals surface area contributed by atoms with Gasteiger partial charge in [0.2, 0.25) is 5.91 Å². The zero-order valence-electron chi connectivity index (χ0n) is 50.9. The molecule has 446 valence electrons. The van der Waals surface area contributed by atoms with Gasteiger partial charge in [0.25, 0.3) is 0 Å². The molecule has 3 unspecified atom stereocenters. The standard InChI is InChI=1S/C67H121N2O7P/c1-7-10-13-16-19-22-25-27-28-29-30-31-32-33-34-35-36-37-38-39-40-42-44-47-50-53-56-59-66(70)68-64(63-75-77(72,73)74-62-61-69(4,5)6)65(58-55-52-49-46-43-24-21-18-15-12-9-3)76-67(71)60-57-54-51-48-45-41-26-23-20-17-14-11-8-2/h10,13,19,22,27-28,30-31,33-34,36-37,55,58,64-65H,7-9,11-12,14-18,20-21,23-26,29,32,35,38-54,56-57,59-63H2,1-6H3,(H-,68,70,72,73)/p+1/b13-10-,22-19-,28-27-,31-30-,34-33-,37-36-,58-55-. The Kier molecular flexibility index (Phi) is 54.4. The van der Waals surface area contributed by atoms with Gasteiger partial charge in [-0.05, 0) is 83.1 Å². The van der Waals surface area contributed by atoms with Crippen LogP contribution in [-0.2, 0) is 27.9 Å². The summed E-state index contributed by atoms with van der Waals surface area (Å²) in [6.45, 7) is 6.89. The number of nitrogens with one attached hydrogen (secondary N) is 1. The molecule has 0 aliphatic carbocycles. The third-order valence-electron chi connectivity index (χ3n) is 13.8. The maximum Gasteiger partial charge on any atom is 0.472 e. The van der Waals surface area contributed by atoms with Gasteiger partial charge in [0.1, 0.15) is 19.3 Å². The van der Waals surface area contributed by atoms with Gasteiger partial charge in [0, 0.05) is 12.8 Å². The monoisotopic (exact) mass is 1100 g/mol. The Morgan fingerprint density at radius 2 is 0.831 bits per heavy atom. The van der Waals surface area contributed by atoms with Crippen LogP contribution in [0.3, 0.4) is 0 Å². The second-order valence-electron chi connectivity index (χ2n) is 22.6. The molecule has 0 saturated heterocycles. The summed E-state index contributed by atoms with van der Waals surface area (Å²) in [7, 11) is 1.49. The van der Waals surface area contributed by atoms with Crippen LogP contribution < -0.4 is 5.32 Å². The highest BCUT2D eigenvalue weighted by molar-refractivity contribution is 7.47. The molecule has 0 aromatic carbocycles. The van der Waals surface area contributed by atoms with Gasteiger partial charge in [-0.1, -0.05) is 267 Å². The van der Waals surface area contributed by atoms with Crippen LogP contribution >= 0.6 is 7.82 Å². The zero-order valence-corrected chi connectivity index (χ0v) is 51.8. The molecule has 0 aliphatic rings. The molecular weight excluding hydrogens is 976 g/mol. The number of rotatable bonds is 57. The molecule has 0 bridgehead atoms. The number of quaternary nitrogens is 1. The van der Waals surface area contributed by atoms with Gasteiger partial charge < -0.3 is 19.4 Å². The van der Waals surface area contributed by atoms with Crippen LogP contribution in [0.25, 0.3) is 0 Å². The van der Waals surface area contributed by atoms with E-state index in [-0.39, 0.29) is 31.5 Å². The largest absolute Gasteiger partial charge is 0.472 e. The predicted molar refractivity (Wildman–Crippen MR) is 332 cm³/mol. The van der Waals surface area contributed by atoms with Crippen molar-refractivity contribution in [1.82, 2.24) is 5.32 Å². The van der Waals surface area contributed by atoms with Crippen LogP contribution in [0.1, 0.15) is 278 Å². The maximum atomic E-state index is 13.5. The Labute approximate surface area is 476 Å². The first-order valence-corrected chi connectivity index (χ1v) is 33.4. The van der Waals surface area contributed by atoms with Crippen molar-refractivity contribution in [2.75, 3.05) is 40.9 Å². The minimum atomic E-state index is -4.45. The van der Waals surface area contributed by atoms with E-state index in [0.29, 0.717) is 17.4 Å². The average molecular weight is 1100 g/mol. The van der Waals surface area contributed by atoms with Gasteiger partial charge in [-0.3, -0.25) is 18.6 Å². The fraction of sp³-hybridized carbons (Fsp3) is 0.761. The minimum absolute atomic E-state index is 0.0365. The number of hydrogen-bond acceptors (Lipinski definition) is 6. The second-order valence-corrected chi connectivity index (χ2v) is 24.0. The number of amides is 1. The first-order chi connectivity index (χ1) is 37.4.